The van der Waals surface area contributed by atoms with Crippen molar-refractivity contribution in [1.82, 2.24) is 0 Å². The molecule has 8 heteroatoms. The van der Waals surface area contributed by atoms with Gasteiger partial charge in [-0.25, -0.2) is 4.79 Å². The van der Waals surface area contributed by atoms with Crippen molar-refractivity contribution in [2.24, 2.45) is 5.16 Å². The summed E-state index contributed by atoms with van der Waals surface area (Å²) >= 11 is 5.79. The number of carbonyl (C=O) groups is 1. The minimum absolute atomic E-state index is 0.107. The van der Waals surface area contributed by atoms with Crippen LogP contribution in [-0.2, 0) is 14.4 Å². The van der Waals surface area contributed by atoms with Crippen LogP contribution < -0.4 is 14.2 Å². The Labute approximate surface area is 161 Å². The van der Waals surface area contributed by atoms with Crippen LogP contribution in [0.4, 0.5) is 0 Å². The summed E-state index contributed by atoms with van der Waals surface area (Å²) in [5.74, 6) is 1.46. The van der Waals surface area contributed by atoms with E-state index in [0.29, 0.717) is 28.0 Å². The third kappa shape index (κ3) is 5.52. The van der Waals surface area contributed by atoms with Gasteiger partial charge in [0.1, 0.15) is 19.0 Å². The number of oxime groups is 1. The maximum atomic E-state index is 11.6. The van der Waals surface area contributed by atoms with E-state index >= 15 is 0 Å². The van der Waals surface area contributed by atoms with Crippen LogP contribution in [0.25, 0.3) is 0 Å². The van der Waals surface area contributed by atoms with Crippen molar-refractivity contribution in [1.29, 1.82) is 0 Å². The van der Waals surface area contributed by atoms with Crippen molar-refractivity contribution in [2.45, 2.75) is 6.92 Å². The molecule has 0 saturated heterocycles. The smallest absolute Gasteiger partial charge is 0.347 e. The number of ether oxygens (including phenoxy) is 4. The summed E-state index contributed by atoms with van der Waals surface area (Å²) in [7, 11) is 0. The molecule has 27 heavy (non-hydrogen) atoms. The van der Waals surface area contributed by atoms with Gasteiger partial charge in [-0.05, 0) is 49.4 Å². The van der Waals surface area contributed by atoms with E-state index in [0.717, 1.165) is 5.56 Å². The molecule has 0 fully saturated rings. The average Bonchev–Trinajstić information content (AvgIpc) is 3.14. The molecule has 1 aliphatic heterocycles. The molecule has 0 saturated carbocycles. The highest BCUT2D eigenvalue weighted by Crippen LogP contribution is 2.32. The Morgan fingerprint density at radius 2 is 1.89 bits per heavy atom. The molecule has 2 aromatic carbocycles. The topological polar surface area (TPSA) is 75.6 Å². The minimum atomic E-state index is -0.531. The molecule has 0 spiro atoms. The van der Waals surface area contributed by atoms with Gasteiger partial charge in [0, 0.05) is 10.6 Å². The van der Waals surface area contributed by atoms with Crippen molar-refractivity contribution in [3.8, 4) is 17.2 Å². The van der Waals surface area contributed by atoms with E-state index < -0.39 is 5.97 Å². The fourth-order valence-electron chi connectivity index (χ4n) is 2.24. The highest BCUT2D eigenvalue weighted by Gasteiger charge is 2.14. The second-order valence-corrected chi connectivity index (χ2v) is 5.98. The van der Waals surface area contributed by atoms with E-state index in [9.17, 15) is 4.79 Å². The zero-order valence-electron chi connectivity index (χ0n) is 14.6. The predicted molar refractivity (Wildman–Crippen MR) is 98.6 cm³/mol. The van der Waals surface area contributed by atoms with Gasteiger partial charge in [-0.2, -0.15) is 0 Å². The largest absolute Gasteiger partial charge is 0.490 e. The lowest BCUT2D eigenvalue weighted by Gasteiger charge is -2.07. The number of carbonyl (C=O) groups excluding carboxylic acids is 1. The fourth-order valence-corrected chi connectivity index (χ4v) is 2.37. The molecule has 0 N–H and O–H groups in total. The Balaban J connectivity index is 1.36. The Morgan fingerprint density at radius 1 is 1.11 bits per heavy atom. The number of hydrogen-bond acceptors (Lipinski definition) is 7. The van der Waals surface area contributed by atoms with Crippen molar-refractivity contribution in [2.75, 3.05) is 26.6 Å². The van der Waals surface area contributed by atoms with Gasteiger partial charge in [0.05, 0.1) is 5.71 Å². The zero-order valence-corrected chi connectivity index (χ0v) is 15.4. The monoisotopic (exact) mass is 391 g/mol. The first-order chi connectivity index (χ1) is 13.1. The van der Waals surface area contributed by atoms with Crippen LogP contribution in [0.15, 0.2) is 47.6 Å². The average molecular weight is 392 g/mol. The highest BCUT2D eigenvalue weighted by molar-refractivity contribution is 6.30. The molecule has 0 unspecified atom stereocenters. The molecule has 0 aliphatic carbocycles. The number of nitrogens with zero attached hydrogens (tertiary/aromatic N) is 1. The molecule has 0 amide bonds. The number of hydrogen-bond donors (Lipinski definition) is 0. The van der Waals surface area contributed by atoms with Gasteiger partial charge in [-0.1, -0.05) is 16.8 Å². The Kier molecular flexibility index (Phi) is 6.38. The molecule has 2 aromatic rings. The van der Waals surface area contributed by atoms with E-state index in [-0.39, 0.29) is 26.6 Å². The first-order valence-electron chi connectivity index (χ1n) is 8.22. The summed E-state index contributed by atoms with van der Waals surface area (Å²) < 4.78 is 21.0. The highest BCUT2D eigenvalue weighted by atomic mass is 35.5. The zero-order chi connectivity index (χ0) is 19.1. The lowest BCUT2D eigenvalue weighted by Crippen LogP contribution is -2.16. The third-order valence-electron chi connectivity index (χ3n) is 3.60. The van der Waals surface area contributed by atoms with Crippen molar-refractivity contribution in [3.63, 3.8) is 0 Å². The fraction of sp³-hybridized carbons (Fsp3) is 0.263. The predicted octanol–water partition coefficient (Wildman–Crippen LogP) is 3.43. The van der Waals surface area contributed by atoms with E-state index in [1.165, 1.54) is 0 Å². The lowest BCUT2D eigenvalue weighted by atomic mass is 10.1. The van der Waals surface area contributed by atoms with E-state index in [2.05, 4.69) is 5.16 Å². The van der Waals surface area contributed by atoms with Crippen LogP contribution in [0.2, 0.25) is 5.02 Å². The second kappa shape index (κ2) is 9.14. The van der Waals surface area contributed by atoms with Crippen LogP contribution in [0.5, 0.6) is 17.2 Å². The van der Waals surface area contributed by atoms with Gasteiger partial charge < -0.3 is 23.8 Å². The molecule has 7 nitrogen and oxygen atoms in total. The molecule has 0 aromatic heterocycles. The van der Waals surface area contributed by atoms with E-state index in [1.54, 1.807) is 43.3 Å². The molecular weight excluding hydrogens is 374 g/mol. The standard InChI is InChI=1S/C19H18ClNO6/c1-13(14-2-7-17-18(10-14)26-12-25-17)21-27-11-19(22)24-9-8-23-16-5-3-15(20)4-6-16/h2-7,10H,8-9,11-12H2,1H3/b21-13-. The molecule has 1 aliphatic rings. The third-order valence-corrected chi connectivity index (χ3v) is 3.85. The Morgan fingerprint density at radius 3 is 2.70 bits per heavy atom. The van der Waals surface area contributed by atoms with Crippen molar-refractivity contribution >= 4 is 23.3 Å². The van der Waals surface area contributed by atoms with Gasteiger partial charge >= 0.3 is 5.97 Å². The summed E-state index contributed by atoms with van der Waals surface area (Å²) in [6.07, 6.45) is 0. The summed E-state index contributed by atoms with van der Waals surface area (Å²) in [5, 5.41) is 4.55. The maximum Gasteiger partial charge on any atom is 0.347 e. The Hall–Kier alpha value is -2.93. The molecule has 142 valence electrons. The number of fused-ring (bicyclic) bond motifs is 1. The summed E-state index contributed by atoms with van der Waals surface area (Å²) in [6.45, 7) is 2.02. The second-order valence-electron chi connectivity index (χ2n) is 5.54. The van der Waals surface area contributed by atoms with Crippen molar-refractivity contribution < 1.29 is 28.6 Å². The van der Waals surface area contributed by atoms with Crippen molar-refractivity contribution in [3.05, 3.63) is 53.1 Å². The van der Waals surface area contributed by atoms with Gasteiger partial charge in [-0.15, -0.1) is 0 Å². The van der Waals surface area contributed by atoms with Gasteiger partial charge in [0.2, 0.25) is 13.4 Å². The SMILES string of the molecule is C/C(=N/OCC(=O)OCCOc1ccc(Cl)cc1)c1ccc2c(c1)OCO2. The Bertz CT molecular complexity index is 821. The molecule has 0 radical (unpaired) electrons. The quantitative estimate of drug-likeness (QED) is 0.297. The van der Waals surface area contributed by atoms with E-state index in [4.69, 9.17) is 35.4 Å². The lowest BCUT2D eigenvalue weighted by molar-refractivity contribution is -0.149. The van der Waals surface area contributed by atoms with Gasteiger partial charge in [-0.3, -0.25) is 0 Å². The molecular formula is C19H18ClNO6. The number of halogens is 1. The summed E-state index contributed by atoms with van der Waals surface area (Å²) in [6, 6.07) is 12.3. The van der Waals surface area contributed by atoms with Crippen LogP contribution in [0.1, 0.15) is 12.5 Å². The number of rotatable bonds is 8. The van der Waals surface area contributed by atoms with Crippen LogP contribution >= 0.6 is 11.6 Å². The molecule has 0 atom stereocenters. The van der Waals surface area contributed by atoms with Crippen LogP contribution in [-0.4, -0.2) is 38.3 Å². The van der Waals surface area contributed by atoms with Crippen LogP contribution in [0, 0.1) is 0 Å². The molecule has 3 rings (SSSR count). The normalized spacial score (nSPS) is 12.6. The van der Waals surface area contributed by atoms with Gasteiger partial charge in [0.25, 0.3) is 0 Å². The maximum absolute atomic E-state index is 11.6. The first-order valence-corrected chi connectivity index (χ1v) is 8.60. The van der Waals surface area contributed by atoms with Gasteiger partial charge in [0.15, 0.2) is 11.5 Å². The van der Waals surface area contributed by atoms with Crippen LogP contribution in [0.3, 0.4) is 0 Å². The summed E-state index contributed by atoms with van der Waals surface area (Å²) in [4.78, 5) is 16.7. The molecule has 0 bridgehead atoms. The van der Waals surface area contributed by atoms with E-state index in [1.807, 2.05) is 6.07 Å². The summed E-state index contributed by atoms with van der Waals surface area (Å²) in [5.41, 5.74) is 1.41. The minimum Gasteiger partial charge on any atom is -0.490 e. The number of esters is 1. The number of benzene rings is 2. The first kappa shape index (κ1) is 18.8. The molecule has 1 heterocycles.